The molecule has 2 aromatic rings. The third kappa shape index (κ3) is 3.35. The zero-order chi connectivity index (χ0) is 14.9. The second-order valence-corrected chi connectivity index (χ2v) is 6.04. The van der Waals surface area contributed by atoms with Gasteiger partial charge >= 0.3 is 0 Å². The Hall–Kier alpha value is -2.04. The maximum Gasteiger partial charge on any atom is 0.149 e. The summed E-state index contributed by atoms with van der Waals surface area (Å²) in [5.41, 5.74) is 4.79. The van der Waals surface area contributed by atoms with Crippen LogP contribution in [0.2, 0.25) is 0 Å². The summed E-state index contributed by atoms with van der Waals surface area (Å²) in [7, 11) is 0. The molecule has 0 saturated carbocycles. The number of hydrogen-bond donors (Lipinski definition) is 0. The highest BCUT2D eigenvalue weighted by atomic mass is 16.6. The molecule has 1 fully saturated rings. The van der Waals surface area contributed by atoms with E-state index in [-0.39, 0.29) is 11.5 Å². The second-order valence-electron chi connectivity index (χ2n) is 6.04. The number of benzene rings is 2. The van der Waals surface area contributed by atoms with E-state index in [2.05, 4.69) is 74.2 Å². The molecule has 0 amide bonds. The highest BCUT2D eigenvalue weighted by Gasteiger charge is 2.37. The van der Waals surface area contributed by atoms with Crippen LogP contribution in [-0.4, -0.2) is 12.2 Å². The third-order valence-electron chi connectivity index (χ3n) is 3.88. The zero-order valence-corrected chi connectivity index (χ0v) is 12.8. The van der Waals surface area contributed by atoms with E-state index < -0.39 is 0 Å². The summed E-state index contributed by atoms with van der Waals surface area (Å²) in [6, 6.07) is 17.3. The smallest absolute Gasteiger partial charge is 0.149 e. The summed E-state index contributed by atoms with van der Waals surface area (Å²) in [5, 5.41) is 0. The largest absolute Gasteiger partial charge is 0.356 e. The number of ether oxygens (including phenoxy) is 1. The molecular weight excluding hydrogens is 256 g/mol. The second kappa shape index (κ2) is 5.39. The minimum absolute atomic E-state index is 0.104. The normalized spacial score (nSPS) is 20.0. The van der Waals surface area contributed by atoms with E-state index in [1.54, 1.807) is 0 Å². The predicted molar refractivity (Wildman–Crippen MR) is 86.3 cm³/mol. The molecule has 0 spiro atoms. The third-order valence-corrected chi connectivity index (χ3v) is 3.88. The molecule has 0 N–H and O–H groups in total. The van der Waals surface area contributed by atoms with Gasteiger partial charge in [-0.3, -0.25) is 0 Å². The van der Waals surface area contributed by atoms with Crippen LogP contribution in [0.5, 0.6) is 0 Å². The van der Waals surface area contributed by atoms with Crippen LogP contribution in [0.4, 0.5) is 0 Å². The van der Waals surface area contributed by atoms with Gasteiger partial charge in [-0.15, -0.1) is 0 Å². The fourth-order valence-corrected chi connectivity index (χ4v) is 2.28. The monoisotopic (exact) mass is 276 g/mol. The van der Waals surface area contributed by atoms with Crippen molar-refractivity contribution < 1.29 is 4.74 Å². The van der Waals surface area contributed by atoms with Crippen molar-refractivity contribution in [3.05, 3.63) is 70.8 Å². The van der Waals surface area contributed by atoms with Gasteiger partial charge in [0.2, 0.25) is 0 Å². The number of epoxide rings is 1. The molecule has 0 bridgehead atoms. The molecule has 1 heteroatoms. The first kappa shape index (κ1) is 13.9. The Morgan fingerprint density at radius 1 is 0.905 bits per heavy atom. The summed E-state index contributed by atoms with van der Waals surface area (Å²) in [6.45, 7) is 7.00. The molecule has 2 aromatic carbocycles. The van der Waals surface area contributed by atoms with Crippen LogP contribution in [-0.2, 0) is 4.74 Å². The van der Waals surface area contributed by atoms with Crippen molar-refractivity contribution in [2.75, 3.05) is 6.61 Å². The molecule has 0 aromatic heterocycles. The van der Waals surface area contributed by atoms with Crippen molar-refractivity contribution in [1.29, 1.82) is 0 Å². The number of hydrogen-bond acceptors (Lipinski definition) is 1. The minimum atomic E-state index is -0.229. The predicted octanol–water partition coefficient (Wildman–Crippen LogP) is 4.23. The molecule has 1 aliphatic rings. The van der Waals surface area contributed by atoms with E-state index in [4.69, 9.17) is 4.74 Å². The van der Waals surface area contributed by atoms with Crippen LogP contribution in [0.1, 0.15) is 35.1 Å². The lowest BCUT2D eigenvalue weighted by Crippen LogP contribution is -2.03. The van der Waals surface area contributed by atoms with E-state index >= 15 is 0 Å². The van der Waals surface area contributed by atoms with E-state index in [9.17, 15) is 0 Å². The van der Waals surface area contributed by atoms with Gasteiger partial charge < -0.3 is 4.74 Å². The lowest BCUT2D eigenvalue weighted by molar-refractivity contribution is 0.377. The lowest BCUT2D eigenvalue weighted by atomic mass is 9.90. The summed E-state index contributed by atoms with van der Waals surface area (Å²) in [6.07, 6.45) is 0. The summed E-state index contributed by atoms with van der Waals surface area (Å²) in [5.74, 6) is 6.81. The summed E-state index contributed by atoms with van der Waals surface area (Å²) >= 11 is 0. The van der Waals surface area contributed by atoms with Crippen LogP contribution in [0.15, 0.2) is 48.5 Å². The lowest BCUT2D eigenvalue weighted by Gasteiger charge is -2.13. The highest BCUT2D eigenvalue weighted by Crippen LogP contribution is 2.28. The van der Waals surface area contributed by atoms with Gasteiger partial charge in [-0.25, -0.2) is 0 Å². The van der Waals surface area contributed by atoms with Crippen molar-refractivity contribution in [3.8, 4) is 11.8 Å². The number of aryl methyl sites for hydroxylation is 2. The van der Waals surface area contributed by atoms with Crippen LogP contribution in [0, 0.1) is 25.7 Å². The van der Waals surface area contributed by atoms with Gasteiger partial charge in [-0.2, -0.15) is 0 Å². The molecule has 1 saturated heterocycles. The van der Waals surface area contributed by atoms with Crippen molar-refractivity contribution in [2.24, 2.45) is 0 Å². The van der Waals surface area contributed by atoms with Gasteiger partial charge in [0.1, 0.15) is 5.60 Å². The molecule has 1 heterocycles. The highest BCUT2D eigenvalue weighted by molar-refractivity contribution is 5.43. The molecular formula is C20H20O. The zero-order valence-electron chi connectivity index (χ0n) is 12.8. The Morgan fingerprint density at radius 2 is 1.33 bits per heavy atom. The SMILES string of the molecule is Cc1ccc(C(C#CC2(C)CO2)c2ccc(C)cc2)cc1. The van der Waals surface area contributed by atoms with E-state index in [0.717, 1.165) is 6.61 Å². The fraction of sp³-hybridized carbons (Fsp3) is 0.300. The van der Waals surface area contributed by atoms with E-state index in [0.29, 0.717) is 0 Å². The average Bonchev–Trinajstić information content (AvgIpc) is 3.21. The van der Waals surface area contributed by atoms with Crippen molar-refractivity contribution in [2.45, 2.75) is 32.3 Å². The van der Waals surface area contributed by atoms with E-state index in [1.807, 2.05) is 6.92 Å². The van der Waals surface area contributed by atoms with Gasteiger partial charge in [0.25, 0.3) is 0 Å². The molecule has 21 heavy (non-hydrogen) atoms. The molecule has 0 radical (unpaired) electrons. The number of rotatable bonds is 2. The van der Waals surface area contributed by atoms with Gasteiger partial charge in [0.05, 0.1) is 12.5 Å². The maximum absolute atomic E-state index is 5.38. The quantitative estimate of drug-likeness (QED) is 0.591. The maximum atomic E-state index is 5.38. The van der Waals surface area contributed by atoms with Crippen molar-refractivity contribution in [1.82, 2.24) is 0 Å². The molecule has 0 aliphatic carbocycles. The van der Waals surface area contributed by atoms with Crippen LogP contribution in [0.25, 0.3) is 0 Å². The van der Waals surface area contributed by atoms with Gasteiger partial charge in [0.15, 0.2) is 0 Å². The molecule has 1 atom stereocenters. The van der Waals surface area contributed by atoms with E-state index in [1.165, 1.54) is 22.3 Å². The summed E-state index contributed by atoms with van der Waals surface area (Å²) < 4.78 is 5.38. The molecule has 3 rings (SSSR count). The minimum Gasteiger partial charge on any atom is -0.356 e. The molecule has 106 valence electrons. The van der Waals surface area contributed by atoms with Crippen molar-refractivity contribution >= 4 is 0 Å². The Bertz CT molecular complexity index is 634. The molecule has 1 unspecified atom stereocenters. The van der Waals surface area contributed by atoms with Gasteiger partial charge in [-0.1, -0.05) is 71.5 Å². The van der Waals surface area contributed by atoms with Crippen molar-refractivity contribution in [3.63, 3.8) is 0 Å². The van der Waals surface area contributed by atoms with Crippen LogP contribution in [0.3, 0.4) is 0 Å². The Morgan fingerprint density at radius 3 is 1.71 bits per heavy atom. The first-order valence-corrected chi connectivity index (χ1v) is 7.36. The Balaban J connectivity index is 1.99. The van der Waals surface area contributed by atoms with Crippen LogP contribution < -0.4 is 0 Å². The van der Waals surface area contributed by atoms with Crippen LogP contribution >= 0.6 is 0 Å². The fourth-order valence-electron chi connectivity index (χ4n) is 2.28. The molecule has 1 nitrogen and oxygen atoms in total. The standard InChI is InChI=1S/C20H20O/c1-15-4-8-17(9-5-15)19(12-13-20(3)14-21-20)18-10-6-16(2)7-11-18/h4-11,19H,14H2,1-3H3. The Kier molecular flexibility index (Phi) is 3.57. The van der Waals surface area contributed by atoms with Gasteiger partial charge in [-0.05, 0) is 31.9 Å². The summed E-state index contributed by atoms with van der Waals surface area (Å²) in [4.78, 5) is 0. The first-order valence-electron chi connectivity index (χ1n) is 7.36. The van der Waals surface area contributed by atoms with Gasteiger partial charge in [0, 0.05) is 0 Å². The molecule has 1 aliphatic heterocycles. The average molecular weight is 276 g/mol. The first-order chi connectivity index (χ1) is 10.1. The topological polar surface area (TPSA) is 12.5 Å². The Labute approximate surface area is 127 Å².